The van der Waals surface area contributed by atoms with Gasteiger partial charge in [-0.1, -0.05) is 30.3 Å². The normalized spacial score (nSPS) is 28.6. The van der Waals surface area contributed by atoms with Crippen molar-refractivity contribution >= 4 is 10.8 Å². The van der Waals surface area contributed by atoms with Crippen LogP contribution in [0.2, 0.25) is 0 Å². The molecular weight excluding hydrogens is 184 g/mol. The van der Waals surface area contributed by atoms with E-state index in [2.05, 4.69) is 0 Å². The Morgan fingerprint density at radius 1 is 1.31 bits per heavy atom. The summed E-state index contributed by atoms with van der Waals surface area (Å²) in [5.41, 5.74) is 0.829. The summed E-state index contributed by atoms with van der Waals surface area (Å²) in [5.74, 6) is 0.763. The van der Waals surface area contributed by atoms with Gasteiger partial charge in [0.25, 0.3) is 0 Å². The van der Waals surface area contributed by atoms with E-state index in [0.29, 0.717) is 0 Å². The van der Waals surface area contributed by atoms with Crippen LogP contribution in [0.15, 0.2) is 30.3 Å². The molecule has 1 aromatic rings. The van der Waals surface area contributed by atoms with Crippen molar-refractivity contribution in [2.45, 2.75) is 11.9 Å². The summed E-state index contributed by atoms with van der Waals surface area (Å²) < 4.78 is 17.1. The molecular formula is C10H12O2S. The molecule has 0 bridgehead atoms. The third kappa shape index (κ3) is 1.98. The Kier molecular flexibility index (Phi) is 2.76. The number of hydrogen-bond donors (Lipinski definition) is 0. The topological polar surface area (TPSA) is 26.3 Å². The Morgan fingerprint density at radius 2 is 2.08 bits per heavy atom. The fourth-order valence-electron chi connectivity index (χ4n) is 1.43. The number of ether oxygens (including phenoxy) is 1. The fraction of sp³-hybridized carbons (Fsp3) is 0.400. The van der Waals surface area contributed by atoms with Crippen LogP contribution in [0.25, 0.3) is 0 Å². The molecule has 13 heavy (non-hydrogen) atoms. The van der Waals surface area contributed by atoms with Crippen molar-refractivity contribution in [1.29, 1.82) is 0 Å². The summed E-state index contributed by atoms with van der Waals surface area (Å²) >= 11 is 0. The lowest BCUT2D eigenvalue weighted by Gasteiger charge is -2.22. The van der Waals surface area contributed by atoms with Gasteiger partial charge >= 0.3 is 0 Å². The molecule has 1 aliphatic rings. The second-order valence-electron chi connectivity index (χ2n) is 3.05. The Bertz CT molecular complexity index is 297. The molecule has 1 heterocycles. The standard InChI is InChI=1S/C10H12O2S/c11-13-8-4-7-12-10(13)9-5-2-1-3-6-9/h1-3,5-6,10H,4,7-8H2. The van der Waals surface area contributed by atoms with E-state index in [1.54, 1.807) is 0 Å². The van der Waals surface area contributed by atoms with Gasteiger partial charge in [-0.15, -0.1) is 0 Å². The van der Waals surface area contributed by atoms with Crippen molar-refractivity contribution < 1.29 is 8.95 Å². The van der Waals surface area contributed by atoms with Crippen molar-refractivity contribution in [3.05, 3.63) is 35.9 Å². The molecule has 0 aromatic heterocycles. The van der Waals surface area contributed by atoms with Gasteiger partial charge in [-0.25, -0.2) is 0 Å². The van der Waals surface area contributed by atoms with Gasteiger partial charge < -0.3 is 4.74 Å². The first-order valence-corrected chi connectivity index (χ1v) is 5.80. The van der Waals surface area contributed by atoms with Crippen molar-refractivity contribution in [1.82, 2.24) is 0 Å². The van der Waals surface area contributed by atoms with Crippen molar-refractivity contribution in [2.75, 3.05) is 12.4 Å². The van der Waals surface area contributed by atoms with Crippen LogP contribution in [0.5, 0.6) is 0 Å². The molecule has 0 amide bonds. The minimum Gasteiger partial charge on any atom is -0.360 e. The Hall–Kier alpha value is -0.670. The molecule has 1 fully saturated rings. The zero-order chi connectivity index (χ0) is 9.10. The minimum atomic E-state index is -0.851. The van der Waals surface area contributed by atoms with Gasteiger partial charge in [0.15, 0.2) is 5.44 Å². The summed E-state index contributed by atoms with van der Waals surface area (Å²) in [6.07, 6.45) is 0.913. The highest BCUT2D eigenvalue weighted by molar-refractivity contribution is 7.85. The highest BCUT2D eigenvalue weighted by Gasteiger charge is 2.22. The maximum atomic E-state index is 11.6. The maximum Gasteiger partial charge on any atom is 0.157 e. The lowest BCUT2D eigenvalue weighted by molar-refractivity contribution is 0.101. The van der Waals surface area contributed by atoms with E-state index in [0.717, 1.165) is 24.3 Å². The van der Waals surface area contributed by atoms with Crippen LogP contribution in [0.3, 0.4) is 0 Å². The third-order valence-corrected chi connectivity index (χ3v) is 3.65. The zero-order valence-electron chi connectivity index (χ0n) is 7.31. The van der Waals surface area contributed by atoms with E-state index in [1.165, 1.54) is 0 Å². The van der Waals surface area contributed by atoms with Gasteiger partial charge in [0, 0.05) is 12.4 Å². The molecule has 3 heteroatoms. The fourth-order valence-corrected chi connectivity index (χ4v) is 2.76. The first kappa shape index (κ1) is 8.91. The Labute approximate surface area is 80.4 Å². The molecule has 0 radical (unpaired) electrons. The summed E-state index contributed by atoms with van der Waals surface area (Å²) in [7, 11) is -0.851. The van der Waals surface area contributed by atoms with Crippen LogP contribution in [-0.4, -0.2) is 16.6 Å². The smallest absolute Gasteiger partial charge is 0.157 e. The number of rotatable bonds is 1. The van der Waals surface area contributed by atoms with E-state index in [-0.39, 0.29) is 5.44 Å². The van der Waals surface area contributed by atoms with Gasteiger partial charge in [0.2, 0.25) is 0 Å². The predicted molar refractivity (Wildman–Crippen MR) is 52.8 cm³/mol. The highest BCUT2D eigenvalue weighted by Crippen LogP contribution is 2.25. The van der Waals surface area contributed by atoms with Crippen LogP contribution in [-0.2, 0) is 15.5 Å². The quantitative estimate of drug-likeness (QED) is 0.685. The van der Waals surface area contributed by atoms with Gasteiger partial charge in [-0.05, 0) is 12.0 Å². The second kappa shape index (κ2) is 4.03. The average Bonchev–Trinajstić information content (AvgIpc) is 2.20. The van der Waals surface area contributed by atoms with Gasteiger partial charge in [-0.2, -0.15) is 0 Å². The van der Waals surface area contributed by atoms with Crippen molar-refractivity contribution in [3.8, 4) is 0 Å². The van der Waals surface area contributed by atoms with Crippen LogP contribution in [0.1, 0.15) is 17.4 Å². The van der Waals surface area contributed by atoms with Crippen LogP contribution in [0, 0.1) is 0 Å². The SMILES string of the molecule is O=S1CCCOC1c1ccccc1. The molecule has 1 saturated heterocycles. The molecule has 0 N–H and O–H groups in total. The molecule has 1 aromatic carbocycles. The molecule has 2 unspecified atom stereocenters. The molecule has 0 aliphatic carbocycles. The monoisotopic (exact) mass is 196 g/mol. The lowest BCUT2D eigenvalue weighted by atomic mass is 10.2. The van der Waals surface area contributed by atoms with E-state index in [9.17, 15) is 4.21 Å². The number of hydrogen-bond acceptors (Lipinski definition) is 2. The summed E-state index contributed by atoms with van der Waals surface area (Å²) in [6, 6.07) is 9.78. The molecule has 2 rings (SSSR count). The maximum absolute atomic E-state index is 11.6. The van der Waals surface area contributed by atoms with Gasteiger partial charge in [-0.3, -0.25) is 4.21 Å². The molecule has 70 valence electrons. The molecule has 0 spiro atoms. The van der Waals surface area contributed by atoms with Crippen molar-refractivity contribution in [2.24, 2.45) is 0 Å². The largest absolute Gasteiger partial charge is 0.360 e. The Morgan fingerprint density at radius 3 is 2.77 bits per heavy atom. The first-order chi connectivity index (χ1) is 6.38. The highest BCUT2D eigenvalue weighted by atomic mass is 32.2. The van der Waals surface area contributed by atoms with Crippen LogP contribution in [0.4, 0.5) is 0 Å². The van der Waals surface area contributed by atoms with E-state index in [1.807, 2.05) is 30.3 Å². The van der Waals surface area contributed by atoms with Gasteiger partial charge in [0.05, 0.1) is 10.8 Å². The van der Waals surface area contributed by atoms with Crippen LogP contribution < -0.4 is 0 Å². The minimum absolute atomic E-state index is 0.199. The summed E-state index contributed by atoms with van der Waals surface area (Å²) in [5, 5.41) is 0. The van der Waals surface area contributed by atoms with Crippen LogP contribution >= 0.6 is 0 Å². The van der Waals surface area contributed by atoms with E-state index >= 15 is 0 Å². The molecule has 2 nitrogen and oxygen atoms in total. The third-order valence-electron chi connectivity index (χ3n) is 2.07. The van der Waals surface area contributed by atoms with Crippen molar-refractivity contribution in [3.63, 3.8) is 0 Å². The summed E-state index contributed by atoms with van der Waals surface area (Å²) in [6.45, 7) is 0.727. The first-order valence-electron chi connectivity index (χ1n) is 4.41. The van der Waals surface area contributed by atoms with Gasteiger partial charge in [0.1, 0.15) is 0 Å². The predicted octanol–water partition coefficient (Wildman–Crippen LogP) is 1.85. The van der Waals surface area contributed by atoms with E-state index in [4.69, 9.17) is 4.74 Å². The van der Waals surface area contributed by atoms with E-state index < -0.39 is 10.8 Å². The Balaban J connectivity index is 2.20. The summed E-state index contributed by atoms with van der Waals surface area (Å²) in [4.78, 5) is 0. The average molecular weight is 196 g/mol. The molecule has 2 atom stereocenters. The number of benzene rings is 1. The lowest BCUT2D eigenvalue weighted by Crippen LogP contribution is -2.20. The molecule has 0 saturated carbocycles. The second-order valence-corrected chi connectivity index (χ2v) is 4.65. The zero-order valence-corrected chi connectivity index (χ0v) is 8.13. The molecule has 1 aliphatic heterocycles.